The number of fused-ring (bicyclic) bond motifs is 1. The van der Waals surface area contributed by atoms with Crippen molar-refractivity contribution < 1.29 is 14.3 Å². The molecule has 5 nitrogen and oxygen atoms in total. The van der Waals surface area contributed by atoms with E-state index in [1.807, 2.05) is 19.1 Å². The first kappa shape index (κ1) is 16.8. The summed E-state index contributed by atoms with van der Waals surface area (Å²) < 4.78 is 5.10. The number of hydrogen-bond acceptors (Lipinski definition) is 3. The molecule has 0 aromatic heterocycles. The Morgan fingerprint density at radius 1 is 1.25 bits per heavy atom. The van der Waals surface area contributed by atoms with Gasteiger partial charge in [-0.1, -0.05) is 12.1 Å². The lowest BCUT2D eigenvalue weighted by atomic mass is 9.90. The predicted octanol–water partition coefficient (Wildman–Crippen LogP) is 3.37. The third-order valence-electron chi connectivity index (χ3n) is 4.97. The van der Waals surface area contributed by atoms with Crippen LogP contribution in [-0.2, 0) is 22.4 Å². The molecule has 1 saturated heterocycles. The van der Waals surface area contributed by atoms with Crippen LogP contribution >= 0.6 is 0 Å². The highest BCUT2D eigenvalue weighted by atomic mass is 16.5. The average molecular weight is 330 g/mol. The number of amides is 2. The number of carbonyl (C=O) groups is 2. The summed E-state index contributed by atoms with van der Waals surface area (Å²) in [7, 11) is 0. The number of anilines is 1. The van der Waals surface area contributed by atoms with Crippen LogP contribution in [-0.4, -0.2) is 36.6 Å². The number of nitrogens with one attached hydrogen (secondary N) is 1. The molecule has 1 aliphatic heterocycles. The molecule has 2 aliphatic rings. The maximum atomic E-state index is 12.6. The number of benzene rings is 1. The van der Waals surface area contributed by atoms with Crippen molar-refractivity contribution in [2.24, 2.45) is 5.92 Å². The Labute approximate surface area is 143 Å². The molecule has 3 rings (SSSR count). The highest BCUT2D eigenvalue weighted by Crippen LogP contribution is 2.28. The summed E-state index contributed by atoms with van der Waals surface area (Å²) in [5.74, 6) is -0.388. The number of aryl methyl sites for hydroxylation is 1. The zero-order valence-corrected chi connectivity index (χ0v) is 14.3. The van der Waals surface area contributed by atoms with Crippen LogP contribution in [0.3, 0.4) is 0 Å². The van der Waals surface area contributed by atoms with Crippen molar-refractivity contribution in [1.29, 1.82) is 0 Å². The molecule has 2 amide bonds. The van der Waals surface area contributed by atoms with Gasteiger partial charge < -0.3 is 15.0 Å². The number of piperidine rings is 1. The van der Waals surface area contributed by atoms with Gasteiger partial charge in [0.25, 0.3) is 0 Å². The summed E-state index contributed by atoms with van der Waals surface area (Å²) in [5, 5.41) is 3.07. The lowest BCUT2D eigenvalue weighted by molar-refractivity contribution is -0.149. The minimum Gasteiger partial charge on any atom is -0.466 e. The number of esters is 1. The van der Waals surface area contributed by atoms with Crippen molar-refractivity contribution >= 4 is 17.7 Å². The van der Waals surface area contributed by atoms with Crippen LogP contribution in [0.15, 0.2) is 18.2 Å². The molecule has 0 unspecified atom stereocenters. The van der Waals surface area contributed by atoms with Crippen LogP contribution in [0, 0.1) is 5.92 Å². The fraction of sp³-hybridized carbons (Fsp3) is 0.579. The van der Waals surface area contributed by atoms with E-state index in [0.29, 0.717) is 19.7 Å². The van der Waals surface area contributed by atoms with E-state index in [0.717, 1.165) is 31.4 Å². The molecule has 0 saturated carbocycles. The second kappa shape index (κ2) is 7.69. The molecule has 0 radical (unpaired) electrons. The molecule has 1 aliphatic carbocycles. The second-order valence-corrected chi connectivity index (χ2v) is 6.62. The Morgan fingerprint density at radius 3 is 2.92 bits per heavy atom. The van der Waals surface area contributed by atoms with Crippen LogP contribution in [0.5, 0.6) is 0 Å². The maximum Gasteiger partial charge on any atom is 0.321 e. The van der Waals surface area contributed by atoms with Crippen molar-refractivity contribution in [1.82, 2.24) is 4.90 Å². The zero-order chi connectivity index (χ0) is 16.9. The van der Waals surface area contributed by atoms with Crippen molar-refractivity contribution in [2.75, 3.05) is 25.0 Å². The summed E-state index contributed by atoms with van der Waals surface area (Å²) in [6.07, 6.45) is 6.14. The Bertz CT molecular complexity index is 615. The van der Waals surface area contributed by atoms with E-state index in [1.165, 1.54) is 24.0 Å². The number of urea groups is 1. The van der Waals surface area contributed by atoms with Gasteiger partial charge in [0, 0.05) is 18.8 Å². The second-order valence-electron chi connectivity index (χ2n) is 6.62. The summed E-state index contributed by atoms with van der Waals surface area (Å²) in [6.45, 7) is 3.33. The number of rotatable bonds is 3. The summed E-state index contributed by atoms with van der Waals surface area (Å²) in [5.41, 5.74) is 3.55. The number of nitrogens with zero attached hydrogens (tertiary/aromatic N) is 1. The van der Waals surface area contributed by atoms with Crippen molar-refractivity contribution in [3.63, 3.8) is 0 Å². The third kappa shape index (κ3) is 3.71. The molecule has 0 bridgehead atoms. The van der Waals surface area contributed by atoms with Crippen molar-refractivity contribution in [3.05, 3.63) is 29.3 Å². The molecular weight excluding hydrogens is 304 g/mol. The van der Waals surface area contributed by atoms with Crippen LogP contribution < -0.4 is 5.32 Å². The normalized spacial score (nSPS) is 20.2. The maximum absolute atomic E-state index is 12.6. The van der Waals surface area contributed by atoms with Crippen LogP contribution in [0.2, 0.25) is 0 Å². The Kier molecular flexibility index (Phi) is 5.38. The van der Waals surface area contributed by atoms with E-state index in [4.69, 9.17) is 4.74 Å². The lowest BCUT2D eigenvalue weighted by Gasteiger charge is -2.32. The van der Waals surface area contributed by atoms with Crippen LogP contribution in [0.25, 0.3) is 0 Å². The summed E-state index contributed by atoms with van der Waals surface area (Å²) in [4.78, 5) is 26.3. The Balaban J connectivity index is 1.66. The molecule has 5 heteroatoms. The smallest absolute Gasteiger partial charge is 0.321 e. The molecule has 1 atom stereocenters. The van der Waals surface area contributed by atoms with Gasteiger partial charge in [0.15, 0.2) is 0 Å². The standard InChI is InChI=1S/C19H26N2O3/c1-2-24-18(22)15-9-6-12-21(13-15)19(23)20-17-11-5-8-14-7-3-4-10-16(14)17/h5,8,11,15H,2-4,6-7,9-10,12-13H2,1H3,(H,20,23)/t15-/m0/s1. The highest BCUT2D eigenvalue weighted by molar-refractivity contribution is 5.91. The SMILES string of the molecule is CCOC(=O)[C@H]1CCCN(C(=O)Nc2cccc3c2CCCC3)C1. The quantitative estimate of drug-likeness (QED) is 0.865. The minimum absolute atomic E-state index is 0.108. The molecule has 1 N–H and O–H groups in total. The van der Waals surface area contributed by atoms with E-state index < -0.39 is 0 Å². The van der Waals surface area contributed by atoms with Gasteiger partial charge in [-0.05, 0) is 62.6 Å². The predicted molar refractivity (Wildman–Crippen MR) is 93.0 cm³/mol. The van der Waals surface area contributed by atoms with E-state index >= 15 is 0 Å². The number of carbonyl (C=O) groups excluding carboxylic acids is 2. The fourth-order valence-electron chi connectivity index (χ4n) is 3.71. The van der Waals surface area contributed by atoms with Crippen LogP contribution in [0.1, 0.15) is 43.7 Å². The zero-order valence-electron chi connectivity index (χ0n) is 14.3. The summed E-state index contributed by atoms with van der Waals surface area (Å²) in [6, 6.07) is 6.04. The molecule has 130 valence electrons. The number of hydrogen-bond donors (Lipinski definition) is 1. The van der Waals surface area contributed by atoms with Gasteiger partial charge in [-0.25, -0.2) is 4.79 Å². The lowest BCUT2D eigenvalue weighted by Crippen LogP contribution is -2.44. The first-order valence-electron chi connectivity index (χ1n) is 9.02. The van der Waals surface area contributed by atoms with Gasteiger partial charge in [0.05, 0.1) is 12.5 Å². The van der Waals surface area contributed by atoms with Gasteiger partial charge >= 0.3 is 12.0 Å². The molecule has 1 aromatic carbocycles. The molecule has 24 heavy (non-hydrogen) atoms. The monoisotopic (exact) mass is 330 g/mol. The first-order chi connectivity index (χ1) is 11.7. The van der Waals surface area contributed by atoms with Gasteiger partial charge in [0.1, 0.15) is 0 Å². The van der Waals surface area contributed by atoms with Gasteiger partial charge in [-0.2, -0.15) is 0 Å². The largest absolute Gasteiger partial charge is 0.466 e. The van der Waals surface area contributed by atoms with Crippen molar-refractivity contribution in [3.8, 4) is 0 Å². The Hall–Kier alpha value is -2.04. The molecule has 1 fully saturated rings. The molecule has 0 spiro atoms. The number of likely N-dealkylation sites (tertiary alicyclic amines) is 1. The third-order valence-corrected chi connectivity index (χ3v) is 4.97. The van der Waals surface area contributed by atoms with E-state index in [-0.39, 0.29) is 17.9 Å². The molecule has 1 aromatic rings. The summed E-state index contributed by atoms with van der Waals surface area (Å²) >= 11 is 0. The highest BCUT2D eigenvalue weighted by Gasteiger charge is 2.29. The average Bonchev–Trinajstić information content (AvgIpc) is 2.62. The van der Waals surface area contributed by atoms with Gasteiger partial charge in [0.2, 0.25) is 0 Å². The minimum atomic E-state index is -0.200. The molecule has 1 heterocycles. The first-order valence-corrected chi connectivity index (χ1v) is 9.02. The van der Waals surface area contributed by atoms with Gasteiger partial charge in [-0.15, -0.1) is 0 Å². The number of ether oxygens (including phenoxy) is 1. The van der Waals surface area contributed by atoms with E-state index in [9.17, 15) is 9.59 Å². The Morgan fingerprint density at radius 2 is 2.08 bits per heavy atom. The molecular formula is C19H26N2O3. The fourth-order valence-corrected chi connectivity index (χ4v) is 3.71. The van der Waals surface area contributed by atoms with E-state index in [2.05, 4.69) is 11.4 Å². The van der Waals surface area contributed by atoms with Crippen LogP contribution in [0.4, 0.5) is 10.5 Å². The van der Waals surface area contributed by atoms with Crippen molar-refractivity contribution in [2.45, 2.75) is 45.4 Å². The topological polar surface area (TPSA) is 58.6 Å². The van der Waals surface area contributed by atoms with Gasteiger partial charge in [-0.3, -0.25) is 4.79 Å². The van der Waals surface area contributed by atoms with E-state index in [1.54, 1.807) is 4.90 Å².